The molecule has 0 unspecified atom stereocenters. The van der Waals surface area contributed by atoms with Gasteiger partial charge in [-0.2, -0.15) is 4.98 Å². The van der Waals surface area contributed by atoms with Gasteiger partial charge in [0.05, 0.1) is 26.8 Å². The van der Waals surface area contributed by atoms with E-state index in [1.54, 1.807) is 0 Å². The van der Waals surface area contributed by atoms with Crippen molar-refractivity contribution in [2.45, 2.75) is 20.3 Å². The van der Waals surface area contributed by atoms with Gasteiger partial charge in [0.25, 0.3) is 5.13 Å². The lowest BCUT2D eigenvalue weighted by molar-refractivity contribution is 0.483. The Labute approximate surface area is 78.5 Å². The van der Waals surface area contributed by atoms with Crippen LogP contribution in [0.4, 0.5) is 5.13 Å². The van der Waals surface area contributed by atoms with Crippen LogP contribution in [0.5, 0.6) is 0 Å². The van der Waals surface area contributed by atoms with Crippen molar-refractivity contribution in [3.8, 4) is 0 Å². The minimum atomic E-state index is 0.825. The molecule has 0 amide bonds. The highest BCUT2D eigenvalue weighted by atomic mass is 32.1. The van der Waals surface area contributed by atoms with E-state index < -0.39 is 0 Å². The second-order valence-corrected chi connectivity index (χ2v) is 4.93. The van der Waals surface area contributed by atoms with Crippen LogP contribution in [0.1, 0.15) is 17.5 Å². The van der Waals surface area contributed by atoms with Crippen LogP contribution in [-0.2, 0) is 6.42 Å². The van der Waals surface area contributed by atoms with Gasteiger partial charge in [-0.25, -0.2) is 0 Å². The van der Waals surface area contributed by atoms with Crippen molar-refractivity contribution in [1.29, 1.82) is 0 Å². The van der Waals surface area contributed by atoms with Crippen LogP contribution in [-0.4, -0.2) is 26.1 Å². The van der Waals surface area contributed by atoms with E-state index in [0.717, 1.165) is 10.9 Å². The number of hydrogen-bond donors (Lipinski definition) is 0. The van der Waals surface area contributed by atoms with Crippen molar-refractivity contribution in [2.24, 2.45) is 0 Å². The lowest BCUT2D eigenvalue weighted by Gasteiger charge is -2.18. The van der Waals surface area contributed by atoms with Gasteiger partial charge in [0.1, 0.15) is 0 Å². The number of thiazole rings is 1. The van der Waals surface area contributed by atoms with E-state index in [0.29, 0.717) is 0 Å². The predicted molar refractivity (Wildman–Crippen MR) is 55.8 cm³/mol. The first-order valence-electron chi connectivity index (χ1n) is 4.23. The Bertz CT molecular complexity index is 271. The van der Waals surface area contributed by atoms with Crippen LogP contribution in [0.15, 0.2) is 0 Å². The molecule has 0 aliphatic carbocycles. The maximum Gasteiger partial charge on any atom is 0.285 e. The van der Waals surface area contributed by atoms with Crippen molar-refractivity contribution < 1.29 is 0 Å². The molecule has 0 atom stereocenters. The lowest BCUT2D eigenvalue weighted by Crippen LogP contribution is -2.34. The molecule has 1 heterocycles. The van der Waals surface area contributed by atoms with Gasteiger partial charge in [-0.1, -0.05) is 18.3 Å². The van der Waals surface area contributed by atoms with Crippen molar-refractivity contribution in [1.82, 2.24) is 9.47 Å². The van der Waals surface area contributed by atoms with E-state index in [1.165, 1.54) is 15.7 Å². The summed E-state index contributed by atoms with van der Waals surface area (Å²) in [5, 5.41) is 1.20. The first-order valence-corrected chi connectivity index (χ1v) is 5.05. The molecule has 0 radical (unpaired) electrons. The van der Waals surface area contributed by atoms with Gasteiger partial charge in [-0.15, -0.1) is 0 Å². The average molecular weight is 185 g/mol. The van der Waals surface area contributed by atoms with Crippen LogP contribution in [0, 0.1) is 6.92 Å². The molecule has 1 aromatic heterocycles. The van der Waals surface area contributed by atoms with Gasteiger partial charge in [0.2, 0.25) is 0 Å². The first-order chi connectivity index (χ1) is 5.45. The fraction of sp³-hybridized carbons (Fsp3) is 0.667. The summed E-state index contributed by atoms with van der Waals surface area (Å²) in [4.78, 5) is 5.96. The minimum absolute atomic E-state index is 0.825. The summed E-state index contributed by atoms with van der Waals surface area (Å²) < 4.78 is 0.825. The average Bonchev–Trinajstić information content (AvgIpc) is 2.29. The number of aromatic nitrogens is 1. The molecule has 0 saturated heterocycles. The standard InChI is InChI=1S/C9H17N2S/c1-6-8-7(2)10-9(12-8)11(3,4)5/h6H2,1-5H3/q+1. The molecule has 12 heavy (non-hydrogen) atoms. The minimum Gasteiger partial charge on any atom is -0.273 e. The highest BCUT2D eigenvalue weighted by molar-refractivity contribution is 7.15. The molecule has 0 aliphatic rings. The summed E-state index contributed by atoms with van der Waals surface area (Å²) in [6, 6.07) is 0. The van der Waals surface area contributed by atoms with Gasteiger partial charge in [0.15, 0.2) is 0 Å². The second kappa shape index (κ2) is 3.15. The molecule has 0 bridgehead atoms. The molecule has 2 nitrogen and oxygen atoms in total. The molecule has 0 aromatic carbocycles. The second-order valence-electron chi connectivity index (χ2n) is 3.87. The molecule has 0 N–H and O–H groups in total. The molecular formula is C9H17N2S+. The van der Waals surface area contributed by atoms with Gasteiger partial charge in [0, 0.05) is 4.88 Å². The third kappa shape index (κ3) is 1.84. The van der Waals surface area contributed by atoms with Gasteiger partial charge < -0.3 is 0 Å². The summed E-state index contributed by atoms with van der Waals surface area (Å²) in [6.45, 7) is 4.27. The topological polar surface area (TPSA) is 12.9 Å². The zero-order valence-electron chi connectivity index (χ0n) is 8.51. The fourth-order valence-electron chi connectivity index (χ4n) is 1.03. The molecule has 0 aliphatic heterocycles. The van der Waals surface area contributed by atoms with Gasteiger partial charge in [-0.05, 0) is 13.3 Å². The SMILES string of the molecule is CCc1sc([N+](C)(C)C)nc1C. The van der Waals surface area contributed by atoms with Crippen molar-refractivity contribution in [3.63, 3.8) is 0 Å². The van der Waals surface area contributed by atoms with Crippen molar-refractivity contribution in [3.05, 3.63) is 10.6 Å². The smallest absolute Gasteiger partial charge is 0.273 e. The molecule has 1 aromatic rings. The third-order valence-corrected chi connectivity index (χ3v) is 3.43. The number of nitrogens with zero attached hydrogens (tertiary/aromatic N) is 2. The number of hydrogen-bond acceptors (Lipinski definition) is 2. The third-order valence-electron chi connectivity index (χ3n) is 1.78. The zero-order chi connectivity index (χ0) is 9.35. The quantitative estimate of drug-likeness (QED) is 0.644. The summed E-state index contributed by atoms with van der Waals surface area (Å²) in [7, 11) is 6.45. The Morgan fingerprint density at radius 1 is 1.33 bits per heavy atom. The molecular weight excluding hydrogens is 168 g/mol. The molecule has 0 saturated carbocycles. The number of aryl methyl sites for hydroxylation is 2. The highest BCUT2D eigenvalue weighted by Crippen LogP contribution is 2.27. The van der Waals surface area contributed by atoms with E-state index >= 15 is 0 Å². The first kappa shape index (κ1) is 9.68. The molecule has 0 fully saturated rings. The fourth-order valence-corrected chi connectivity index (χ4v) is 2.04. The maximum absolute atomic E-state index is 4.54. The molecule has 68 valence electrons. The van der Waals surface area contributed by atoms with Crippen molar-refractivity contribution >= 4 is 16.5 Å². The highest BCUT2D eigenvalue weighted by Gasteiger charge is 2.18. The Morgan fingerprint density at radius 2 is 1.92 bits per heavy atom. The molecule has 1 rings (SSSR count). The monoisotopic (exact) mass is 185 g/mol. The summed E-state index contributed by atoms with van der Waals surface area (Å²) in [5.41, 5.74) is 1.20. The summed E-state index contributed by atoms with van der Waals surface area (Å²) >= 11 is 1.83. The Morgan fingerprint density at radius 3 is 2.17 bits per heavy atom. The number of rotatable bonds is 2. The lowest BCUT2D eigenvalue weighted by atomic mass is 10.3. The van der Waals surface area contributed by atoms with E-state index in [4.69, 9.17) is 0 Å². The predicted octanol–water partition coefficient (Wildman–Crippen LogP) is 2.21. The Kier molecular flexibility index (Phi) is 2.54. The Balaban J connectivity index is 3.05. The van der Waals surface area contributed by atoms with Crippen LogP contribution >= 0.6 is 11.3 Å². The van der Waals surface area contributed by atoms with Crippen LogP contribution in [0.2, 0.25) is 0 Å². The van der Waals surface area contributed by atoms with Crippen molar-refractivity contribution in [2.75, 3.05) is 21.1 Å². The zero-order valence-corrected chi connectivity index (χ0v) is 9.33. The van der Waals surface area contributed by atoms with Crippen LogP contribution in [0.25, 0.3) is 0 Å². The largest absolute Gasteiger partial charge is 0.285 e. The van der Waals surface area contributed by atoms with E-state index in [9.17, 15) is 0 Å². The summed E-state index contributed by atoms with van der Waals surface area (Å²) in [5.74, 6) is 0. The Hall–Kier alpha value is -0.410. The van der Waals surface area contributed by atoms with Gasteiger partial charge >= 0.3 is 0 Å². The van der Waals surface area contributed by atoms with Crippen LogP contribution in [0.3, 0.4) is 0 Å². The van der Waals surface area contributed by atoms with E-state index in [1.807, 2.05) is 11.3 Å². The maximum atomic E-state index is 4.54. The molecule has 3 heteroatoms. The van der Waals surface area contributed by atoms with E-state index in [-0.39, 0.29) is 0 Å². The molecule has 0 spiro atoms. The normalized spacial score (nSPS) is 12.1. The van der Waals surface area contributed by atoms with Crippen LogP contribution < -0.4 is 4.48 Å². The van der Waals surface area contributed by atoms with Gasteiger partial charge in [-0.3, -0.25) is 4.48 Å². The summed E-state index contributed by atoms with van der Waals surface area (Å²) in [6.07, 6.45) is 1.10. The van der Waals surface area contributed by atoms with E-state index in [2.05, 4.69) is 40.0 Å². The number of quaternary nitrogens is 1.